The summed E-state index contributed by atoms with van der Waals surface area (Å²) in [6, 6.07) is 6.56. The molecular formula is C21H25N3O3S3. The van der Waals surface area contributed by atoms with Crippen LogP contribution in [-0.4, -0.2) is 23.7 Å². The van der Waals surface area contributed by atoms with Crippen molar-refractivity contribution in [1.82, 2.24) is 9.55 Å². The minimum Gasteiger partial charge on any atom is -0.261 e. The van der Waals surface area contributed by atoms with Gasteiger partial charge in [-0.15, -0.1) is 23.1 Å². The molecule has 0 radical (unpaired) electrons. The Morgan fingerprint density at radius 3 is 2.50 bits per heavy atom. The van der Waals surface area contributed by atoms with Gasteiger partial charge in [-0.25, -0.2) is 13.2 Å². The van der Waals surface area contributed by atoms with E-state index in [9.17, 15) is 13.2 Å². The highest BCUT2D eigenvalue weighted by atomic mass is 32.2. The second kappa shape index (κ2) is 8.95. The Morgan fingerprint density at radius 2 is 1.87 bits per heavy atom. The Hall–Kier alpha value is -2.10. The molecule has 3 rings (SSSR count). The molecule has 2 aliphatic heterocycles. The van der Waals surface area contributed by atoms with E-state index in [0.717, 1.165) is 32.5 Å². The summed E-state index contributed by atoms with van der Waals surface area (Å²) >= 11 is 3.16. The van der Waals surface area contributed by atoms with Gasteiger partial charge in [0.2, 0.25) is 0 Å². The van der Waals surface area contributed by atoms with Crippen LogP contribution in [0.3, 0.4) is 0 Å². The number of benzene rings is 1. The van der Waals surface area contributed by atoms with E-state index in [1.165, 1.54) is 10.1 Å². The second-order valence-corrected chi connectivity index (χ2v) is 11.6. The summed E-state index contributed by atoms with van der Waals surface area (Å²) in [5.41, 5.74) is 3.02. The van der Waals surface area contributed by atoms with Gasteiger partial charge in [0.05, 0.1) is 9.10 Å². The normalized spacial score (nSPS) is 11.6. The highest BCUT2D eigenvalue weighted by molar-refractivity contribution is 8.01. The van der Waals surface area contributed by atoms with Crippen LogP contribution in [-0.2, 0) is 10.0 Å². The number of nitrogens with zero attached hydrogens (tertiary/aromatic N) is 2. The lowest BCUT2D eigenvalue weighted by Gasteiger charge is -2.15. The quantitative estimate of drug-likeness (QED) is 0.306. The van der Waals surface area contributed by atoms with Crippen LogP contribution in [0.1, 0.15) is 36.4 Å². The molecule has 160 valence electrons. The molecule has 2 heterocycles. The summed E-state index contributed by atoms with van der Waals surface area (Å²) < 4.78 is 30.7. The molecular weight excluding hydrogens is 438 g/mol. The number of aromatic nitrogens is 2. The Balaban J connectivity index is 2.03. The predicted molar refractivity (Wildman–Crippen MR) is 125 cm³/mol. The zero-order valence-corrected chi connectivity index (χ0v) is 20.1. The lowest BCUT2D eigenvalue weighted by Crippen LogP contribution is -2.17. The molecule has 0 fully saturated rings. The molecule has 2 aliphatic rings. The highest BCUT2D eigenvalue weighted by Gasteiger charge is 2.26. The van der Waals surface area contributed by atoms with Crippen molar-refractivity contribution >= 4 is 38.9 Å². The molecule has 0 bridgehead atoms. The first kappa shape index (κ1) is 22.6. The Bertz CT molecular complexity index is 1220. The van der Waals surface area contributed by atoms with Crippen LogP contribution in [0.2, 0.25) is 0 Å². The van der Waals surface area contributed by atoms with Gasteiger partial charge in [-0.3, -0.25) is 9.29 Å². The summed E-state index contributed by atoms with van der Waals surface area (Å²) in [6.45, 7) is 9.80. The number of aryl methyl sites for hydroxylation is 2. The molecule has 0 saturated carbocycles. The smallest absolute Gasteiger partial charge is 0.261 e. The molecule has 0 unspecified atom stereocenters. The SMILES string of the molecule is CC(C)=CCCSc1sc(C)c(C)n2c(=O)nc(NS(=O)(=O)c3ccc(C)cc3)c1-2. The van der Waals surface area contributed by atoms with E-state index in [0.29, 0.717) is 5.69 Å². The maximum absolute atomic E-state index is 12.9. The molecule has 1 N–H and O–H groups in total. The molecule has 0 aromatic heterocycles. The van der Waals surface area contributed by atoms with Gasteiger partial charge in [0.1, 0.15) is 5.69 Å². The molecule has 0 atom stereocenters. The number of nitrogens with one attached hydrogen (secondary N) is 1. The van der Waals surface area contributed by atoms with Crippen LogP contribution in [0.25, 0.3) is 5.69 Å². The monoisotopic (exact) mass is 463 g/mol. The van der Waals surface area contributed by atoms with E-state index < -0.39 is 15.7 Å². The van der Waals surface area contributed by atoms with Crippen molar-refractivity contribution in [3.05, 3.63) is 62.5 Å². The van der Waals surface area contributed by atoms with Crippen molar-refractivity contribution < 1.29 is 8.42 Å². The van der Waals surface area contributed by atoms with Gasteiger partial charge < -0.3 is 0 Å². The topological polar surface area (TPSA) is 81.1 Å². The third-order valence-corrected chi connectivity index (χ3v) is 8.43. The first-order valence-corrected chi connectivity index (χ1v) is 12.8. The molecule has 0 spiro atoms. The average molecular weight is 464 g/mol. The van der Waals surface area contributed by atoms with Crippen molar-refractivity contribution in [3.8, 4) is 5.69 Å². The first-order valence-electron chi connectivity index (χ1n) is 9.48. The van der Waals surface area contributed by atoms with E-state index in [2.05, 4.69) is 29.6 Å². The van der Waals surface area contributed by atoms with E-state index in [-0.39, 0.29) is 10.7 Å². The molecule has 1 aromatic rings. The van der Waals surface area contributed by atoms with Gasteiger partial charge in [0.15, 0.2) is 5.82 Å². The van der Waals surface area contributed by atoms with Crippen molar-refractivity contribution in [2.75, 3.05) is 10.5 Å². The Kier molecular flexibility index (Phi) is 6.74. The molecule has 0 aliphatic carbocycles. The highest BCUT2D eigenvalue weighted by Crippen LogP contribution is 2.38. The van der Waals surface area contributed by atoms with E-state index >= 15 is 0 Å². The van der Waals surface area contributed by atoms with Gasteiger partial charge in [-0.2, -0.15) is 4.98 Å². The van der Waals surface area contributed by atoms with Crippen LogP contribution in [0.5, 0.6) is 0 Å². The van der Waals surface area contributed by atoms with E-state index in [4.69, 9.17) is 0 Å². The summed E-state index contributed by atoms with van der Waals surface area (Å²) in [5, 5.41) is 0. The van der Waals surface area contributed by atoms with Crippen molar-refractivity contribution in [3.63, 3.8) is 0 Å². The summed E-state index contributed by atoms with van der Waals surface area (Å²) in [5.74, 6) is 0.897. The summed E-state index contributed by atoms with van der Waals surface area (Å²) in [4.78, 5) is 17.8. The maximum atomic E-state index is 12.9. The minimum atomic E-state index is -3.86. The standard InChI is InChI=1S/C21H25N3O3S3/c1-13(2)7-6-12-28-20-18-19(22-21(25)24(18)15(4)16(5)29-20)23-30(26,27)17-10-8-14(3)9-11-17/h7-11H,6,12H2,1-5H3,(H,22,23,25). The number of fused-ring (bicyclic) bond motifs is 1. The van der Waals surface area contributed by atoms with Gasteiger partial charge in [-0.1, -0.05) is 29.3 Å². The zero-order chi connectivity index (χ0) is 22.1. The third kappa shape index (κ3) is 4.79. The predicted octanol–water partition coefficient (Wildman–Crippen LogP) is 4.91. The van der Waals surface area contributed by atoms with Crippen LogP contribution >= 0.6 is 23.1 Å². The lowest BCUT2D eigenvalue weighted by atomic mass is 10.2. The molecule has 30 heavy (non-hydrogen) atoms. The molecule has 0 amide bonds. The number of thioether (sulfide) groups is 1. The van der Waals surface area contributed by atoms with Crippen LogP contribution in [0, 0.1) is 20.8 Å². The molecule has 0 saturated heterocycles. The van der Waals surface area contributed by atoms with Gasteiger partial charge in [0, 0.05) is 16.3 Å². The number of imidazole rings is 1. The number of sulfonamides is 1. The van der Waals surface area contributed by atoms with E-state index in [1.54, 1.807) is 47.4 Å². The number of allylic oxidation sites excluding steroid dienone is 2. The molecule has 1 aromatic carbocycles. The number of anilines is 1. The largest absolute Gasteiger partial charge is 0.354 e. The number of rotatable bonds is 7. The van der Waals surface area contributed by atoms with Gasteiger partial charge >= 0.3 is 5.69 Å². The Morgan fingerprint density at radius 1 is 1.20 bits per heavy atom. The fourth-order valence-electron chi connectivity index (χ4n) is 2.89. The minimum absolute atomic E-state index is 0.0737. The van der Waals surface area contributed by atoms with Crippen LogP contribution in [0.4, 0.5) is 5.82 Å². The van der Waals surface area contributed by atoms with E-state index in [1.807, 2.05) is 20.8 Å². The lowest BCUT2D eigenvalue weighted by molar-refractivity contribution is 0.601. The molecule has 9 heteroatoms. The van der Waals surface area contributed by atoms with Crippen molar-refractivity contribution in [2.45, 2.75) is 50.1 Å². The number of hydrogen-bond donors (Lipinski definition) is 1. The zero-order valence-electron chi connectivity index (χ0n) is 17.6. The number of hydrogen-bond acceptors (Lipinski definition) is 6. The summed E-state index contributed by atoms with van der Waals surface area (Å²) in [6.07, 6.45) is 3.05. The van der Waals surface area contributed by atoms with Crippen LogP contribution in [0.15, 0.2) is 49.8 Å². The van der Waals surface area contributed by atoms with Crippen LogP contribution < -0.4 is 10.4 Å². The van der Waals surface area contributed by atoms with Gasteiger partial charge in [0.25, 0.3) is 10.0 Å². The fraction of sp³-hybridized carbons (Fsp3) is 0.333. The molecule has 6 nitrogen and oxygen atoms in total. The maximum Gasteiger partial charge on any atom is 0.354 e. The van der Waals surface area contributed by atoms with Crippen molar-refractivity contribution in [2.24, 2.45) is 0 Å². The first-order chi connectivity index (χ1) is 14.1. The Labute approximate surface area is 185 Å². The van der Waals surface area contributed by atoms with Gasteiger partial charge in [-0.05, 0) is 53.2 Å². The van der Waals surface area contributed by atoms with Crippen molar-refractivity contribution in [1.29, 1.82) is 0 Å². The summed E-state index contributed by atoms with van der Waals surface area (Å²) in [7, 11) is -3.86. The second-order valence-electron chi connectivity index (χ2n) is 7.30. The fourth-order valence-corrected chi connectivity index (χ4v) is 6.31. The third-order valence-electron chi connectivity index (χ3n) is 4.60. The average Bonchev–Trinajstić information content (AvgIpc) is 2.98.